The lowest BCUT2D eigenvalue weighted by atomic mass is 9.98. The van der Waals surface area contributed by atoms with E-state index in [0.29, 0.717) is 0 Å². The van der Waals surface area contributed by atoms with Crippen molar-refractivity contribution in [1.29, 1.82) is 0 Å². The predicted molar refractivity (Wildman–Crippen MR) is 95.8 cm³/mol. The molecule has 118 valence electrons. The molecule has 0 atom stereocenters. The van der Waals surface area contributed by atoms with Crippen molar-refractivity contribution >= 4 is 11.1 Å². The standard InChI is InChI=1S/C21H22O2/c1-14-15(2)21(17-7-11-19(23-4)12-8-17)13-20(14)16-5-9-18(22-3)10-6-16/h5-12H,13H2,1-4H3. The maximum Gasteiger partial charge on any atom is 0.118 e. The highest BCUT2D eigenvalue weighted by Gasteiger charge is 2.21. The molecule has 23 heavy (non-hydrogen) atoms. The molecule has 0 saturated carbocycles. The average molecular weight is 306 g/mol. The van der Waals surface area contributed by atoms with Crippen LogP contribution in [0.1, 0.15) is 31.4 Å². The maximum atomic E-state index is 5.25. The third kappa shape index (κ3) is 2.89. The smallest absolute Gasteiger partial charge is 0.118 e. The molecule has 0 aliphatic heterocycles. The Morgan fingerprint density at radius 3 is 1.26 bits per heavy atom. The minimum Gasteiger partial charge on any atom is -0.497 e. The molecule has 0 fully saturated rings. The van der Waals surface area contributed by atoms with Crippen molar-refractivity contribution < 1.29 is 9.47 Å². The molecule has 3 rings (SSSR count). The van der Waals surface area contributed by atoms with Gasteiger partial charge in [-0.3, -0.25) is 0 Å². The summed E-state index contributed by atoms with van der Waals surface area (Å²) in [6.07, 6.45) is 0.969. The van der Waals surface area contributed by atoms with Crippen molar-refractivity contribution in [3.8, 4) is 11.5 Å². The van der Waals surface area contributed by atoms with E-state index in [1.54, 1.807) is 14.2 Å². The molecule has 1 aliphatic carbocycles. The van der Waals surface area contributed by atoms with E-state index in [9.17, 15) is 0 Å². The van der Waals surface area contributed by atoms with Gasteiger partial charge in [-0.25, -0.2) is 0 Å². The Balaban J connectivity index is 1.89. The normalized spacial score (nSPS) is 14.4. The molecular formula is C21H22O2. The second-order valence-electron chi connectivity index (χ2n) is 5.84. The van der Waals surface area contributed by atoms with Crippen LogP contribution in [0.15, 0.2) is 59.7 Å². The molecule has 0 bridgehead atoms. The van der Waals surface area contributed by atoms with Crippen LogP contribution in [0.2, 0.25) is 0 Å². The molecule has 2 heteroatoms. The molecule has 0 heterocycles. The fourth-order valence-electron chi connectivity index (χ4n) is 3.12. The van der Waals surface area contributed by atoms with Gasteiger partial charge in [0.25, 0.3) is 0 Å². The summed E-state index contributed by atoms with van der Waals surface area (Å²) in [5.41, 5.74) is 8.09. The summed E-state index contributed by atoms with van der Waals surface area (Å²) in [5.74, 6) is 1.79. The topological polar surface area (TPSA) is 18.5 Å². The number of hydrogen-bond donors (Lipinski definition) is 0. The van der Waals surface area contributed by atoms with Crippen LogP contribution in [0, 0.1) is 0 Å². The van der Waals surface area contributed by atoms with Crippen molar-refractivity contribution in [3.63, 3.8) is 0 Å². The van der Waals surface area contributed by atoms with Crippen LogP contribution in [-0.2, 0) is 0 Å². The number of benzene rings is 2. The molecular weight excluding hydrogens is 284 g/mol. The minimum atomic E-state index is 0.894. The Hall–Kier alpha value is -2.48. The molecule has 0 saturated heterocycles. The molecule has 1 aliphatic rings. The Bertz CT molecular complexity index is 695. The summed E-state index contributed by atoms with van der Waals surface area (Å²) in [7, 11) is 3.39. The Morgan fingerprint density at radius 2 is 0.957 bits per heavy atom. The van der Waals surface area contributed by atoms with Gasteiger partial charge < -0.3 is 9.47 Å². The van der Waals surface area contributed by atoms with Crippen molar-refractivity contribution in [2.45, 2.75) is 20.3 Å². The quantitative estimate of drug-likeness (QED) is 0.757. The first-order chi connectivity index (χ1) is 11.1. The highest BCUT2D eigenvalue weighted by Crippen LogP contribution is 2.43. The third-order valence-electron chi connectivity index (χ3n) is 4.70. The second-order valence-corrected chi connectivity index (χ2v) is 5.84. The first-order valence-corrected chi connectivity index (χ1v) is 7.82. The molecule has 0 aromatic heterocycles. The first kappa shape index (κ1) is 15.4. The number of methoxy groups -OCH3 is 2. The van der Waals surface area contributed by atoms with Crippen LogP contribution in [0.4, 0.5) is 0 Å². The number of allylic oxidation sites excluding steroid dienone is 4. The van der Waals surface area contributed by atoms with Gasteiger partial charge in [0.05, 0.1) is 14.2 Å². The zero-order valence-electron chi connectivity index (χ0n) is 14.1. The fraction of sp³-hybridized carbons (Fsp3) is 0.238. The maximum absolute atomic E-state index is 5.25. The Morgan fingerprint density at radius 1 is 0.609 bits per heavy atom. The summed E-state index contributed by atoms with van der Waals surface area (Å²) in [4.78, 5) is 0. The number of hydrogen-bond acceptors (Lipinski definition) is 2. The SMILES string of the molecule is COc1ccc(C2=C(C)C(C)=C(c3ccc(OC)cc3)C2)cc1. The summed E-state index contributed by atoms with van der Waals surface area (Å²) in [6.45, 7) is 4.43. The second kappa shape index (κ2) is 6.33. The highest BCUT2D eigenvalue weighted by atomic mass is 16.5. The van der Waals surface area contributed by atoms with Crippen molar-refractivity contribution in [2.24, 2.45) is 0 Å². The van der Waals surface area contributed by atoms with E-state index in [0.717, 1.165) is 17.9 Å². The Kier molecular flexibility index (Phi) is 4.24. The fourth-order valence-corrected chi connectivity index (χ4v) is 3.12. The summed E-state index contributed by atoms with van der Waals surface area (Å²) < 4.78 is 10.5. The van der Waals surface area contributed by atoms with E-state index in [1.165, 1.54) is 33.4 Å². The third-order valence-corrected chi connectivity index (χ3v) is 4.70. The molecule has 0 radical (unpaired) electrons. The van der Waals surface area contributed by atoms with Crippen LogP contribution in [0.25, 0.3) is 11.1 Å². The lowest BCUT2D eigenvalue weighted by molar-refractivity contribution is 0.414. The largest absolute Gasteiger partial charge is 0.497 e. The van der Waals surface area contributed by atoms with Gasteiger partial charge in [0, 0.05) is 0 Å². The van der Waals surface area contributed by atoms with Crippen LogP contribution in [-0.4, -0.2) is 14.2 Å². The summed E-state index contributed by atoms with van der Waals surface area (Å²) >= 11 is 0. The first-order valence-electron chi connectivity index (χ1n) is 7.82. The van der Waals surface area contributed by atoms with Gasteiger partial charge in [-0.05, 0) is 78.0 Å². The summed E-state index contributed by atoms with van der Waals surface area (Å²) in [5, 5.41) is 0. The van der Waals surface area contributed by atoms with Crippen molar-refractivity contribution in [2.75, 3.05) is 14.2 Å². The summed E-state index contributed by atoms with van der Waals surface area (Å²) in [6, 6.07) is 16.7. The zero-order valence-corrected chi connectivity index (χ0v) is 14.1. The Labute approximate surface area is 138 Å². The van der Waals surface area contributed by atoms with E-state index >= 15 is 0 Å². The average Bonchev–Trinajstić information content (AvgIpc) is 2.91. The van der Waals surface area contributed by atoms with Gasteiger partial charge in [0.15, 0.2) is 0 Å². The van der Waals surface area contributed by atoms with Crippen LogP contribution < -0.4 is 9.47 Å². The van der Waals surface area contributed by atoms with E-state index in [-0.39, 0.29) is 0 Å². The highest BCUT2D eigenvalue weighted by molar-refractivity contribution is 5.91. The molecule has 0 amide bonds. The number of rotatable bonds is 4. The zero-order chi connectivity index (χ0) is 16.4. The lowest BCUT2D eigenvalue weighted by Crippen LogP contribution is -1.88. The molecule has 0 N–H and O–H groups in total. The minimum absolute atomic E-state index is 0.894. The van der Waals surface area contributed by atoms with E-state index in [4.69, 9.17) is 9.47 Å². The predicted octanol–water partition coefficient (Wildman–Crippen LogP) is 5.35. The monoisotopic (exact) mass is 306 g/mol. The van der Waals surface area contributed by atoms with Crippen molar-refractivity contribution in [3.05, 3.63) is 70.8 Å². The van der Waals surface area contributed by atoms with Crippen LogP contribution >= 0.6 is 0 Å². The van der Waals surface area contributed by atoms with Crippen molar-refractivity contribution in [1.82, 2.24) is 0 Å². The van der Waals surface area contributed by atoms with Gasteiger partial charge in [-0.15, -0.1) is 0 Å². The number of ether oxygens (including phenoxy) is 2. The van der Waals surface area contributed by atoms with Gasteiger partial charge in [-0.1, -0.05) is 24.3 Å². The van der Waals surface area contributed by atoms with Gasteiger partial charge >= 0.3 is 0 Å². The van der Waals surface area contributed by atoms with E-state index < -0.39 is 0 Å². The van der Waals surface area contributed by atoms with Gasteiger partial charge in [0.2, 0.25) is 0 Å². The van der Waals surface area contributed by atoms with Gasteiger partial charge in [0.1, 0.15) is 11.5 Å². The van der Waals surface area contributed by atoms with Crippen LogP contribution in [0.3, 0.4) is 0 Å². The lowest BCUT2D eigenvalue weighted by Gasteiger charge is -2.08. The molecule has 2 aromatic rings. The van der Waals surface area contributed by atoms with E-state index in [2.05, 4.69) is 38.1 Å². The van der Waals surface area contributed by atoms with Crippen LogP contribution in [0.5, 0.6) is 11.5 Å². The van der Waals surface area contributed by atoms with Gasteiger partial charge in [-0.2, -0.15) is 0 Å². The molecule has 2 nitrogen and oxygen atoms in total. The van der Waals surface area contributed by atoms with E-state index in [1.807, 2.05) is 24.3 Å². The molecule has 2 aromatic carbocycles. The molecule has 0 unspecified atom stereocenters. The molecule has 0 spiro atoms.